The van der Waals surface area contributed by atoms with Crippen molar-refractivity contribution in [1.29, 1.82) is 0 Å². The highest BCUT2D eigenvalue weighted by atomic mass is 35.5. The van der Waals surface area contributed by atoms with Gasteiger partial charge in [-0.1, -0.05) is 28.4 Å². The van der Waals surface area contributed by atoms with Crippen LogP contribution in [0.1, 0.15) is 34.9 Å². The number of rotatable bonds is 5. The highest BCUT2D eigenvalue weighted by Gasteiger charge is 2.49. The third-order valence-corrected chi connectivity index (χ3v) is 7.43. The first-order chi connectivity index (χ1) is 19.3. The van der Waals surface area contributed by atoms with Crippen molar-refractivity contribution in [2.45, 2.75) is 50.5 Å². The van der Waals surface area contributed by atoms with E-state index in [0.717, 1.165) is 27.6 Å². The van der Waals surface area contributed by atoms with E-state index in [1.165, 1.54) is 32.2 Å². The molecular weight excluding hydrogens is 595 g/mol. The summed E-state index contributed by atoms with van der Waals surface area (Å²) >= 11 is 12.0. The van der Waals surface area contributed by atoms with E-state index in [0.29, 0.717) is 0 Å². The molecule has 10 nitrogen and oxygen atoms in total. The fourth-order valence-electron chi connectivity index (χ4n) is 4.75. The van der Waals surface area contributed by atoms with Crippen LogP contribution in [0.25, 0.3) is 16.9 Å². The molecule has 1 aliphatic heterocycles. The first kappa shape index (κ1) is 29.4. The molecule has 1 saturated heterocycles. The monoisotopic (exact) mass is 616 g/mol. The van der Waals surface area contributed by atoms with E-state index in [1.807, 2.05) is 0 Å². The SMILES string of the molecule is Cc1nc([C@@H]2O[C@H](CO)[C@H](O)[C@H](n3cc(-c4ccc(Cl)c(C)c4F)nn3)[C@H]2O)n(-c2cc(Cl)ccc2C(F)(F)F)n1. The molecule has 3 heterocycles. The predicted octanol–water partition coefficient (Wildman–Crippen LogP) is 4.00. The van der Waals surface area contributed by atoms with Crippen LogP contribution in [0.5, 0.6) is 0 Å². The molecule has 1 fully saturated rings. The molecule has 0 unspecified atom stereocenters. The molecule has 5 atom stereocenters. The van der Waals surface area contributed by atoms with Gasteiger partial charge in [0.1, 0.15) is 47.8 Å². The Kier molecular flexibility index (Phi) is 7.82. The molecule has 0 bridgehead atoms. The Bertz CT molecular complexity index is 1600. The number of hydrogen-bond donors (Lipinski definition) is 3. The minimum absolute atomic E-state index is 0.0152. The fraction of sp³-hybridized carbons (Fsp3) is 0.360. The van der Waals surface area contributed by atoms with Gasteiger partial charge < -0.3 is 20.1 Å². The number of aliphatic hydroxyl groups is 3. The summed E-state index contributed by atoms with van der Waals surface area (Å²) in [5, 5.41) is 44.5. The zero-order chi connectivity index (χ0) is 29.8. The minimum Gasteiger partial charge on any atom is -0.394 e. The van der Waals surface area contributed by atoms with E-state index in [-0.39, 0.29) is 38.5 Å². The average Bonchev–Trinajstić information content (AvgIpc) is 3.54. The lowest BCUT2D eigenvalue weighted by Gasteiger charge is -2.41. The van der Waals surface area contributed by atoms with E-state index < -0.39 is 60.3 Å². The number of nitrogens with zero attached hydrogens (tertiary/aromatic N) is 6. The zero-order valence-corrected chi connectivity index (χ0v) is 22.8. The Morgan fingerprint density at radius 1 is 1.07 bits per heavy atom. The molecule has 218 valence electrons. The predicted molar refractivity (Wildman–Crippen MR) is 137 cm³/mol. The van der Waals surface area contributed by atoms with Gasteiger partial charge in [-0.05, 0) is 44.2 Å². The summed E-state index contributed by atoms with van der Waals surface area (Å²) < 4.78 is 64.2. The van der Waals surface area contributed by atoms with Gasteiger partial charge in [0.25, 0.3) is 0 Å². The fourth-order valence-corrected chi connectivity index (χ4v) is 5.06. The average molecular weight is 617 g/mol. The van der Waals surface area contributed by atoms with Gasteiger partial charge in [-0.3, -0.25) is 0 Å². The van der Waals surface area contributed by atoms with Gasteiger partial charge in [0, 0.05) is 21.2 Å². The second kappa shape index (κ2) is 10.9. The minimum atomic E-state index is -4.79. The first-order valence-corrected chi connectivity index (χ1v) is 12.9. The molecule has 0 amide bonds. The molecule has 3 N–H and O–H groups in total. The molecule has 0 saturated carbocycles. The van der Waals surface area contributed by atoms with Crippen molar-refractivity contribution in [3.63, 3.8) is 0 Å². The van der Waals surface area contributed by atoms with Crippen LogP contribution in [0.2, 0.25) is 10.0 Å². The van der Waals surface area contributed by atoms with Crippen molar-refractivity contribution >= 4 is 23.2 Å². The highest BCUT2D eigenvalue weighted by molar-refractivity contribution is 6.31. The summed E-state index contributed by atoms with van der Waals surface area (Å²) in [6.07, 6.45) is -9.62. The standard InChI is InChI=1S/C25H22Cl2F4N6O4/c1-10-15(27)6-4-13(19(10)28)16-8-36(35-33-16)20-21(39)18(9-38)41-23(22(20)40)24-32-11(2)34-37(24)17-7-12(26)3-5-14(17)25(29,30)31/h3-8,18,20-23,38-40H,9H2,1-2H3/t18-,20+,21+,22-,23-/m1/s1. The lowest BCUT2D eigenvalue weighted by atomic mass is 9.92. The maximum atomic E-state index is 14.9. The van der Waals surface area contributed by atoms with Gasteiger partial charge in [0.05, 0.1) is 24.1 Å². The van der Waals surface area contributed by atoms with Crippen LogP contribution in [-0.2, 0) is 10.9 Å². The molecule has 41 heavy (non-hydrogen) atoms. The number of aryl methyl sites for hydroxylation is 1. The number of benzene rings is 2. The van der Waals surface area contributed by atoms with E-state index in [4.69, 9.17) is 27.9 Å². The molecule has 0 aliphatic carbocycles. The number of aliphatic hydroxyl groups excluding tert-OH is 3. The normalized spacial score (nSPS) is 23.2. The zero-order valence-electron chi connectivity index (χ0n) is 21.3. The molecule has 2 aromatic heterocycles. The molecule has 0 spiro atoms. The summed E-state index contributed by atoms with van der Waals surface area (Å²) in [7, 11) is 0. The molecule has 16 heteroatoms. The largest absolute Gasteiger partial charge is 0.418 e. The van der Waals surface area contributed by atoms with Crippen LogP contribution in [0.4, 0.5) is 17.6 Å². The molecule has 1 aliphatic rings. The van der Waals surface area contributed by atoms with Gasteiger partial charge >= 0.3 is 6.18 Å². The Balaban J connectivity index is 1.59. The van der Waals surface area contributed by atoms with Crippen LogP contribution in [-0.4, -0.2) is 70.0 Å². The smallest absolute Gasteiger partial charge is 0.394 e. The third kappa shape index (κ3) is 5.31. The van der Waals surface area contributed by atoms with Crippen molar-refractivity contribution in [2.24, 2.45) is 0 Å². The lowest BCUT2D eigenvalue weighted by Crippen LogP contribution is -2.53. The highest BCUT2D eigenvalue weighted by Crippen LogP contribution is 2.41. The van der Waals surface area contributed by atoms with Gasteiger partial charge in [-0.25, -0.2) is 18.7 Å². The van der Waals surface area contributed by atoms with Crippen LogP contribution in [0.15, 0.2) is 36.5 Å². The molecule has 0 radical (unpaired) electrons. The molecule has 2 aromatic carbocycles. The Morgan fingerprint density at radius 2 is 1.80 bits per heavy atom. The number of aromatic nitrogens is 6. The maximum absolute atomic E-state index is 14.9. The van der Waals surface area contributed by atoms with Gasteiger partial charge in [-0.2, -0.15) is 18.3 Å². The topological polar surface area (TPSA) is 131 Å². The second-order valence-corrected chi connectivity index (χ2v) is 10.3. The lowest BCUT2D eigenvalue weighted by molar-refractivity contribution is -0.210. The first-order valence-electron chi connectivity index (χ1n) is 12.1. The summed E-state index contributed by atoms with van der Waals surface area (Å²) in [6.45, 7) is 2.18. The van der Waals surface area contributed by atoms with Crippen LogP contribution >= 0.6 is 23.2 Å². The van der Waals surface area contributed by atoms with Gasteiger partial charge in [0.2, 0.25) is 0 Å². The quantitative estimate of drug-likeness (QED) is 0.287. The Labute approximate surface area is 239 Å². The van der Waals surface area contributed by atoms with E-state index in [9.17, 15) is 32.9 Å². The van der Waals surface area contributed by atoms with Crippen molar-refractivity contribution in [1.82, 2.24) is 29.8 Å². The van der Waals surface area contributed by atoms with E-state index >= 15 is 0 Å². The summed E-state index contributed by atoms with van der Waals surface area (Å²) in [5.74, 6) is -0.851. The molecule has 4 aromatic rings. The molecular formula is C25H22Cl2F4N6O4. The van der Waals surface area contributed by atoms with Crippen LogP contribution in [0.3, 0.4) is 0 Å². The number of halogens is 6. The maximum Gasteiger partial charge on any atom is 0.418 e. The summed E-state index contributed by atoms with van der Waals surface area (Å²) in [5.41, 5.74) is -1.26. The van der Waals surface area contributed by atoms with Crippen molar-refractivity contribution < 1.29 is 37.6 Å². The van der Waals surface area contributed by atoms with Gasteiger partial charge in [-0.15, -0.1) is 5.10 Å². The molecule has 5 rings (SSSR count). The number of hydrogen-bond acceptors (Lipinski definition) is 8. The summed E-state index contributed by atoms with van der Waals surface area (Å²) in [6, 6.07) is 4.42. The van der Waals surface area contributed by atoms with E-state index in [2.05, 4.69) is 20.4 Å². The summed E-state index contributed by atoms with van der Waals surface area (Å²) in [4.78, 5) is 4.20. The van der Waals surface area contributed by atoms with Crippen molar-refractivity contribution in [2.75, 3.05) is 6.61 Å². The van der Waals surface area contributed by atoms with Crippen LogP contribution < -0.4 is 0 Å². The third-order valence-electron chi connectivity index (χ3n) is 6.79. The van der Waals surface area contributed by atoms with Gasteiger partial charge in [0.15, 0.2) is 5.82 Å². The number of ether oxygens (including phenoxy) is 1. The van der Waals surface area contributed by atoms with Crippen molar-refractivity contribution in [3.8, 4) is 16.9 Å². The van der Waals surface area contributed by atoms with Crippen LogP contribution in [0, 0.1) is 19.7 Å². The van der Waals surface area contributed by atoms with E-state index in [1.54, 1.807) is 0 Å². The van der Waals surface area contributed by atoms with Crippen molar-refractivity contribution in [3.05, 3.63) is 75.2 Å². The Morgan fingerprint density at radius 3 is 2.49 bits per heavy atom. The Hall–Kier alpha value is -3.14. The second-order valence-electron chi connectivity index (χ2n) is 9.46. The number of alkyl halides is 3.